The summed E-state index contributed by atoms with van der Waals surface area (Å²) < 4.78 is 22.8. The monoisotopic (exact) mass is 332 g/mol. The van der Waals surface area contributed by atoms with E-state index in [4.69, 9.17) is 0 Å². The first-order chi connectivity index (χ1) is 9.38. The number of amides is 1. The number of carbonyl (C=O) groups is 1. The second kappa shape index (κ2) is 7.24. The van der Waals surface area contributed by atoms with E-state index in [-0.39, 0.29) is 30.3 Å². The second-order valence-electron chi connectivity index (χ2n) is 5.26. The average molecular weight is 333 g/mol. The van der Waals surface area contributed by atoms with Gasteiger partial charge in [-0.2, -0.15) is 0 Å². The highest BCUT2D eigenvalue weighted by molar-refractivity contribution is 7.90. The van der Waals surface area contributed by atoms with Crippen molar-refractivity contribution >= 4 is 28.2 Å². The lowest BCUT2D eigenvalue weighted by atomic mass is 10.1. The third-order valence-corrected chi connectivity index (χ3v) is 4.73. The molecule has 0 bridgehead atoms. The molecule has 0 radical (unpaired) electrons. The number of hydrogen-bond acceptors (Lipinski definition) is 4. The molecule has 1 aromatic carbocycles. The Kier molecular flexibility index (Phi) is 6.19. The summed E-state index contributed by atoms with van der Waals surface area (Å²) in [5, 5.41) is 6.13. The first-order valence-electron chi connectivity index (χ1n) is 6.69. The van der Waals surface area contributed by atoms with Crippen molar-refractivity contribution in [2.45, 2.75) is 24.3 Å². The van der Waals surface area contributed by atoms with Crippen LogP contribution in [0.4, 0.5) is 0 Å². The van der Waals surface area contributed by atoms with Crippen molar-refractivity contribution in [2.75, 3.05) is 19.3 Å². The Morgan fingerprint density at radius 2 is 1.95 bits per heavy atom. The van der Waals surface area contributed by atoms with Crippen molar-refractivity contribution in [1.82, 2.24) is 10.6 Å². The molecule has 1 amide bonds. The van der Waals surface area contributed by atoms with E-state index >= 15 is 0 Å². The normalized spacial score (nSPS) is 19.6. The molecule has 1 aliphatic rings. The van der Waals surface area contributed by atoms with Crippen LogP contribution in [-0.4, -0.2) is 33.7 Å². The van der Waals surface area contributed by atoms with Crippen LogP contribution in [0.1, 0.15) is 24.9 Å². The molecule has 0 spiro atoms. The third kappa shape index (κ3) is 4.69. The summed E-state index contributed by atoms with van der Waals surface area (Å²) in [7, 11) is -3.18. The van der Waals surface area contributed by atoms with Gasteiger partial charge < -0.3 is 10.6 Å². The predicted molar refractivity (Wildman–Crippen MR) is 84.3 cm³/mol. The van der Waals surface area contributed by atoms with Crippen LogP contribution >= 0.6 is 12.4 Å². The van der Waals surface area contributed by atoms with Gasteiger partial charge in [-0.3, -0.25) is 4.79 Å². The van der Waals surface area contributed by atoms with Crippen molar-refractivity contribution in [3.8, 4) is 0 Å². The minimum absolute atomic E-state index is 0. The van der Waals surface area contributed by atoms with E-state index in [0.29, 0.717) is 4.90 Å². The molecular weight excluding hydrogens is 312 g/mol. The summed E-state index contributed by atoms with van der Waals surface area (Å²) in [6, 6.07) is 6.51. The van der Waals surface area contributed by atoms with Gasteiger partial charge in [-0.15, -0.1) is 12.4 Å². The molecule has 1 aromatic rings. The van der Waals surface area contributed by atoms with Gasteiger partial charge in [0.25, 0.3) is 0 Å². The Labute approximate surface area is 131 Å². The van der Waals surface area contributed by atoms with E-state index in [2.05, 4.69) is 10.6 Å². The van der Waals surface area contributed by atoms with Gasteiger partial charge in [0, 0.05) is 12.8 Å². The van der Waals surface area contributed by atoms with Crippen LogP contribution in [0.3, 0.4) is 0 Å². The predicted octanol–water partition coefficient (Wildman–Crippen LogP) is 1.30. The first kappa shape index (κ1) is 17.9. The molecular formula is C14H21ClN2O3S. The molecule has 0 aromatic heterocycles. The quantitative estimate of drug-likeness (QED) is 0.871. The molecule has 0 saturated carbocycles. The van der Waals surface area contributed by atoms with Gasteiger partial charge in [0.1, 0.15) is 0 Å². The molecule has 2 rings (SSSR count). The first-order valence-corrected chi connectivity index (χ1v) is 8.58. The van der Waals surface area contributed by atoms with Gasteiger partial charge in [0.05, 0.1) is 16.9 Å². The molecule has 2 atom stereocenters. The van der Waals surface area contributed by atoms with Crippen molar-refractivity contribution in [2.24, 2.45) is 5.92 Å². The lowest BCUT2D eigenvalue weighted by molar-refractivity contribution is -0.125. The van der Waals surface area contributed by atoms with Crippen molar-refractivity contribution in [3.63, 3.8) is 0 Å². The lowest BCUT2D eigenvalue weighted by Gasteiger charge is -2.17. The van der Waals surface area contributed by atoms with E-state index in [1.165, 1.54) is 6.26 Å². The molecule has 2 unspecified atom stereocenters. The highest BCUT2D eigenvalue weighted by Gasteiger charge is 2.23. The Morgan fingerprint density at radius 3 is 2.43 bits per heavy atom. The summed E-state index contributed by atoms with van der Waals surface area (Å²) >= 11 is 0. The van der Waals surface area contributed by atoms with Crippen LogP contribution in [0, 0.1) is 5.92 Å². The van der Waals surface area contributed by atoms with Gasteiger partial charge in [0.2, 0.25) is 5.91 Å². The molecule has 1 aliphatic heterocycles. The van der Waals surface area contributed by atoms with Gasteiger partial charge >= 0.3 is 0 Å². The summed E-state index contributed by atoms with van der Waals surface area (Å²) in [6.07, 6.45) is 2.05. The lowest BCUT2D eigenvalue weighted by Crippen LogP contribution is -2.33. The zero-order chi connectivity index (χ0) is 14.8. The van der Waals surface area contributed by atoms with E-state index < -0.39 is 9.84 Å². The van der Waals surface area contributed by atoms with E-state index in [0.717, 1.165) is 25.1 Å². The van der Waals surface area contributed by atoms with Gasteiger partial charge in [-0.25, -0.2) is 8.42 Å². The minimum Gasteiger partial charge on any atom is -0.349 e. The maximum atomic E-state index is 12.0. The molecule has 0 aliphatic carbocycles. The Balaban J connectivity index is 0.00000220. The summed E-state index contributed by atoms with van der Waals surface area (Å²) in [5.74, 6) is 0.0856. The fourth-order valence-electron chi connectivity index (χ4n) is 2.30. The van der Waals surface area contributed by atoms with E-state index in [1.807, 2.05) is 6.92 Å². The molecule has 2 N–H and O–H groups in total. The van der Waals surface area contributed by atoms with Gasteiger partial charge in [0.15, 0.2) is 9.84 Å². The standard InChI is InChI=1S/C14H20N2O3S.ClH/c1-10(16-14(17)12-7-8-15-9-12)11-3-5-13(6-4-11)20(2,18)19;/h3-6,10,12,15H,7-9H2,1-2H3,(H,16,17);1H. The fraction of sp³-hybridized carbons (Fsp3) is 0.500. The smallest absolute Gasteiger partial charge is 0.224 e. The molecule has 118 valence electrons. The number of hydrogen-bond donors (Lipinski definition) is 2. The largest absolute Gasteiger partial charge is 0.349 e. The summed E-state index contributed by atoms with van der Waals surface area (Å²) in [4.78, 5) is 12.3. The van der Waals surface area contributed by atoms with Crippen LogP contribution in [-0.2, 0) is 14.6 Å². The number of nitrogens with one attached hydrogen (secondary N) is 2. The van der Waals surface area contributed by atoms with Crippen molar-refractivity contribution < 1.29 is 13.2 Å². The molecule has 1 heterocycles. The highest BCUT2D eigenvalue weighted by atomic mass is 35.5. The maximum absolute atomic E-state index is 12.0. The van der Waals surface area contributed by atoms with Crippen molar-refractivity contribution in [1.29, 1.82) is 0 Å². The summed E-state index contributed by atoms with van der Waals surface area (Å²) in [5.41, 5.74) is 0.900. The van der Waals surface area contributed by atoms with Crippen LogP contribution in [0.25, 0.3) is 0 Å². The topological polar surface area (TPSA) is 75.3 Å². The highest BCUT2D eigenvalue weighted by Crippen LogP contribution is 2.17. The zero-order valence-electron chi connectivity index (χ0n) is 12.1. The summed E-state index contributed by atoms with van der Waals surface area (Å²) in [6.45, 7) is 3.51. The molecule has 1 fully saturated rings. The van der Waals surface area contributed by atoms with Gasteiger partial charge in [-0.05, 0) is 37.6 Å². The van der Waals surface area contributed by atoms with E-state index in [9.17, 15) is 13.2 Å². The number of carbonyl (C=O) groups excluding carboxylic acids is 1. The van der Waals surface area contributed by atoms with Crippen molar-refractivity contribution in [3.05, 3.63) is 29.8 Å². The Bertz CT molecular complexity index is 581. The molecule has 7 heteroatoms. The van der Waals surface area contributed by atoms with Gasteiger partial charge in [-0.1, -0.05) is 12.1 Å². The minimum atomic E-state index is -3.18. The molecule has 21 heavy (non-hydrogen) atoms. The van der Waals surface area contributed by atoms with Crippen LogP contribution in [0.15, 0.2) is 29.2 Å². The maximum Gasteiger partial charge on any atom is 0.224 e. The number of rotatable bonds is 4. The van der Waals surface area contributed by atoms with E-state index in [1.54, 1.807) is 24.3 Å². The zero-order valence-corrected chi connectivity index (χ0v) is 13.8. The Morgan fingerprint density at radius 1 is 1.33 bits per heavy atom. The number of halogens is 1. The number of benzene rings is 1. The fourth-order valence-corrected chi connectivity index (χ4v) is 2.93. The third-order valence-electron chi connectivity index (χ3n) is 3.60. The Hall–Kier alpha value is -1.11. The average Bonchev–Trinajstić information content (AvgIpc) is 2.91. The van der Waals surface area contributed by atoms with Crippen LogP contribution in [0.2, 0.25) is 0 Å². The second-order valence-corrected chi connectivity index (χ2v) is 7.28. The number of sulfone groups is 1. The molecule has 1 saturated heterocycles. The SMILES string of the molecule is CC(NC(=O)C1CCNC1)c1ccc(S(C)(=O)=O)cc1.Cl. The molecule has 5 nitrogen and oxygen atoms in total. The van der Waals surface area contributed by atoms with Crippen LogP contribution < -0.4 is 10.6 Å². The van der Waals surface area contributed by atoms with Crippen LogP contribution in [0.5, 0.6) is 0 Å².